The predicted octanol–water partition coefficient (Wildman–Crippen LogP) is 2.44. The van der Waals surface area contributed by atoms with Crippen LogP contribution in [0.25, 0.3) is 0 Å². The first kappa shape index (κ1) is 24.2. The van der Waals surface area contributed by atoms with Gasteiger partial charge in [0.15, 0.2) is 5.96 Å². The molecular weight excluding hydrogens is 469 g/mol. The highest BCUT2D eigenvalue weighted by Gasteiger charge is 2.24. The highest BCUT2D eigenvalue weighted by Crippen LogP contribution is 2.19. The van der Waals surface area contributed by atoms with Crippen molar-refractivity contribution in [3.63, 3.8) is 0 Å². The smallest absolute Gasteiger partial charge is 0.191 e. The molecule has 0 bridgehead atoms. The fourth-order valence-electron chi connectivity index (χ4n) is 2.69. The Bertz CT molecular complexity index is 746. The van der Waals surface area contributed by atoms with Crippen molar-refractivity contribution in [2.45, 2.75) is 32.3 Å². The normalized spacial score (nSPS) is 13.4. The number of nitrogens with zero attached hydrogens (tertiary/aromatic N) is 3. The lowest BCUT2D eigenvalue weighted by Crippen LogP contribution is -2.39. The summed E-state index contributed by atoms with van der Waals surface area (Å²) >= 11 is 0. The minimum Gasteiger partial charge on any atom is -0.497 e. The standard InChI is InChI=1S/C20H31N5O2.HI/c1-5-21-19(23-15-20(2,26)17-13-24-25(3)14-17)22-11-7-9-16-8-6-10-18(12-16)27-4;/h6,8,10,12-14,26H,5,7,9,11,15H2,1-4H3,(H2,21,22,23);1H. The van der Waals surface area contributed by atoms with Gasteiger partial charge in [0, 0.05) is 31.9 Å². The van der Waals surface area contributed by atoms with Crippen molar-refractivity contribution in [2.24, 2.45) is 12.0 Å². The van der Waals surface area contributed by atoms with E-state index in [1.165, 1.54) is 5.56 Å². The summed E-state index contributed by atoms with van der Waals surface area (Å²) in [5.41, 5.74) is 0.942. The van der Waals surface area contributed by atoms with Gasteiger partial charge < -0.3 is 20.5 Å². The van der Waals surface area contributed by atoms with Gasteiger partial charge in [0.1, 0.15) is 11.4 Å². The average Bonchev–Trinajstić information content (AvgIpc) is 3.10. The maximum Gasteiger partial charge on any atom is 0.191 e. The van der Waals surface area contributed by atoms with Crippen LogP contribution in [0.5, 0.6) is 5.75 Å². The summed E-state index contributed by atoms with van der Waals surface area (Å²) in [5.74, 6) is 1.58. The number of methoxy groups -OCH3 is 1. The molecule has 0 fully saturated rings. The molecule has 2 rings (SSSR count). The lowest BCUT2D eigenvalue weighted by Gasteiger charge is -2.20. The van der Waals surface area contributed by atoms with Crippen LogP contribution in [0.1, 0.15) is 31.4 Å². The van der Waals surface area contributed by atoms with Gasteiger partial charge in [-0.1, -0.05) is 12.1 Å². The van der Waals surface area contributed by atoms with Crippen molar-refractivity contribution >= 4 is 29.9 Å². The predicted molar refractivity (Wildman–Crippen MR) is 123 cm³/mol. The Hall–Kier alpha value is -1.81. The van der Waals surface area contributed by atoms with Gasteiger partial charge in [0.2, 0.25) is 0 Å². The van der Waals surface area contributed by atoms with Crippen molar-refractivity contribution in [3.8, 4) is 5.75 Å². The van der Waals surface area contributed by atoms with E-state index in [0.717, 1.165) is 37.2 Å². The Morgan fingerprint density at radius 1 is 1.36 bits per heavy atom. The number of halogens is 1. The van der Waals surface area contributed by atoms with Gasteiger partial charge in [-0.15, -0.1) is 24.0 Å². The molecule has 2 aromatic rings. The summed E-state index contributed by atoms with van der Waals surface area (Å²) in [7, 11) is 3.51. The van der Waals surface area contributed by atoms with Gasteiger partial charge in [-0.25, -0.2) is 4.99 Å². The van der Waals surface area contributed by atoms with E-state index in [2.05, 4.69) is 32.9 Å². The van der Waals surface area contributed by atoms with Crippen LogP contribution in [0.3, 0.4) is 0 Å². The maximum atomic E-state index is 10.7. The molecule has 1 heterocycles. The number of hydrogen-bond acceptors (Lipinski definition) is 4. The van der Waals surface area contributed by atoms with E-state index >= 15 is 0 Å². The topological polar surface area (TPSA) is 83.7 Å². The van der Waals surface area contributed by atoms with E-state index in [-0.39, 0.29) is 30.5 Å². The third-order valence-electron chi connectivity index (χ3n) is 4.28. The van der Waals surface area contributed by atoms with Crippen LogP contribution in [-0.4, -0.2) is 47.6 Å². The zero-order chi connectivity index (χ0) is 19.7. The molecule has 28 heavy (non-hydrogen) atoms. The average molecular weight is 501 g/mol. The van der Waals surface area contributed by atoms with E-state index in [9.17, 15) is 5.11 Å². The highest BCUT2D eigenvalue weighted by atomic mass is 127. The van der Waals surface area contributed by atoms with E-state index < -0.39 is 5.60 Å². The summed E-state index contributed by atoms with van der Waals surface area (Å²) in [4.78, 5) is 4.53. The van der Waals surface area contributed by atoms with Gasteiger partial charge in [-0.2, -0.15) is 5.10 Å². The van der Waals surface area contributed by atoms with Gasteiger partial charge in [-0.05, 0) is 44.4 Å². The first-order valence-electron chi connectivity index (χ1n) is 9.31. The molecule has 1 aromatic heterocycles. The summed E-state index contributed by atoms with van der Waals surface area (Å²) in [5, 5.41) is 21.3. The van der Waals surface area contributed by atoms with Gasteiger partial charge in [-0.3, -0.25) is 4.68 Å². The van der Waals surface area contributed by atoms with Crippen molar-refractivity contribution in [1.29, 1.82) is 0 Å². The summed E-state index contributed by atoms with van der Waals surface area (Å²) in [6.07, 6.45) is 5.40. The number of aromatic nitrogens is 2. The highest BCUT2D eigenvalue weighted by molar-refractivity contribution is 14.0. The number of guanidine groups is 1. The van der Waals surface area contributed by atoms with E-state index in [1.54, 1.807) is 24.9 Å². The number of hydrogen-bond donors (Lipinski definition) is 3. The van der Waals surface area contributed by atoms with Crippen LogP contribution in [-0.2, 0) is 19.1 Å². The largest absolute Gasteiger partial charge is 0.497 e. The molecule has 156 valence electrons. The molecule has 0 saturated heterocycles. The lowest BCUT2D eigenvalue weighted by molar-refractivity contribution is 0.0672. The second-order valence-corrected chi connectivity index (χ2v) is 6.75. The van der Waals surface area contributed by atoms with Gasteiger partial charge in [0.25, 0.3) is 0 Å². The number of rotatable bonds is 9. The van der Waals surface area contributed by atoms with Crippen LogP contribution in [0.15, 0.2) is 41.7 Å². The zero-order valence-electron chi connectivity index (χ0n) is 17.1. The van der Waals surface area contributed by atoms with Crippen LogP contribution in [0, 0.1) is 0 Å². The molecule has 0 spiro atoms. The minimum atomic E-state index is -1.06. The van der Waals surface area contributed by atoms with Crippen molar-refractivity contribution in [3.05, 3.63) is 47.8 Å². The van der Waals surface area contributed by atoms with Crippen LogP contribution in [0.4, 0.5) is 0 Å². The Morgan fingerprint density at radius 2 is 2.14 bits per heavy atom. The SMILES string of the molecule is CCNC(=NCC(C)(O)c1cnn(C)c1)NCCCc1cccc(OC)c1.I. The van der Waals surface area contributed by atoms with Gasteiger partial charge >= 0.3 is 0 Å². The molecule has 3 N–H and O–H groups in total. The molecule has 0 saturated carbocycles. The first-order chi connectivity index (χ1) is 12.9. The number of aryl methyl sites for hydroxylation is 2. The van der Waals surface area contributed by atoms with Crippen molar-refractivity contribution < 1.29 is 9.84 Å². The number of ether oxygens (including phenoxy) is 1. The molecule has 0 amide bonds. The molecule has 0 radical (unpaired) electrons. The minimum absolute atomic E-state index is 0. The van der Waals surface area contributed by atoms with Crippen LogP contribution < -0.4 is 15.4 Å². The summed E-state index contributed by atoms with van der Waals surface area (Å²) in [6.45, 7) is 5.57. The molecule has 8 heteroatoms. The maximum absolute atomic E-state index is 10.7. The lowest BCUT2D eigenvalue weighted by atomic mass is 10.0. The molecule has 1 unspecified atom stereocenters. The van der Waals surface area contributed by atoms with Crippen LogP contribution in [0.2, 0.25) is 0 Å². The monoisotopic (exact) mass is 501 g/mol. The Morgan fingerprint density at radius 3 is 2.79 bits per heavy atom. The molecule has 0 aliphatic rings. The molecule has 1 aromatic carbocycles. The second kappa shape index (κ2) is 11.9. The second-order valence-electron chi connectivity index (χ2n) is 6.75. The molecule has 0 aliphatic heterocycles. The number of benzene rings is 1. The fourth-order valence-corrected chi connectivity index (χ4v) is 2.69. The Balaban J connectivity index is 0.00000392. The van der Waals surface area contributed by atoms with Crippen molar-refractivity contribution in [2.75, 3.05) is 26.7 Å². The molecule has 1 atom stereocenters. The summed E-state index contributed by atoms with van der Waals surface area (Å²) in [6, 6.07) is 8.12. The number of aliphatic hydroxyl groups is 1. The molecular formula is C20H32IN5O2. The number of aliphatic imine (C=N–C) groups is 1. The first-order valence-corrected chi connectivity index (χ1v) is 9.31. The van der Waals surface area contributed by atoms with E-state index in [1.807, 2.05) is 32.3 Å². The Kier molecular flexibility index (Phi) is 10.3. The Labute approximate surface area is 184 Å². The molecule has 7 nitrogen and oxygen atoms in total. The fraction of sp³-hybridized carbons (Fsp3) is 0.500. The molecule has 0 aliphatic carbocycles. The van der Waals surface area contributed by atoms with Gasteiger partial charge in [0.05, 0.1) is 19.9 Å². The van der Waals surface area contributed by atoms with Crippen molar-refractivity contribution in [1.82, 2.24) is 20.4 Å². The third kappa shape index (κ3) is 7.67. The van der Waals surface area contributed by atoms with E-state index in [0.29, 0.717) is 5.96 Å². The number of nitrogens with one attached hydrogen (secondary N) is 2. The zero-order valence-corrected chi connectivity index (χ0v) is 19.4. The third-order valence-corrected chi connectivity index (χ3v) is 4.28. The van der Waals surface area contributed by atoms with E-state index in [4.69, 9.17) is 4.74 Å². The quantitative estimate of drug-likeness (QED) is 0.213. The van der Waals surface area contributed by atoms with Crippen LogP contribution >= 0.6 is 24.0 Å². The summed E-state index contributed by atoms with van der Waals surface area (Å²) < 4.78 is 6.93.